The molecule has 0 aromatic carbocycles. The van der Waals surface area contributed by atoms with E-state index in [2.05, 4.69) is 0 Å². The number of amides is 2. The molecule has 1 N–H and O–H groups in total. The predicted octanol–water partition coefficient (Wildman–Crippen LogP) is 1.40. The largest absolute Gasteiger partial charge is 0.481 e. The fourth-order valence-corrected chi connectivity index (χ4v) is 4.24. The van der Waals surface area contributed by atoms with Gasteiger partial charge in [0, 0.05) is 31.7 Å². The summed E-state index contributed by atoms with van der Waals surface area (Å²) in [5.74, 6) is 0.758. The van der Waals surface area contributed by atoms with Crippen molar-refractivity contribution in [1.82, 2.24) is 9.80 Å². The maximum atomic E-state index is 12.7. The van der Waals surface area contributed by atoms with Gasteiger partial charge in [-0.2, -0.15) is 0 Å². The van der Waals surface area contributed by atoms with E-state index in [1.165, 1.54) is 0 Å². The first-order valence-corrected chi connectivity index (χ1v) is 9.06. The summed E-state index contributed by atoms with van der Waals surface area (Å²) in [6.45, 7) is 3.17. The maximum absolute atomic E-state index is 12.7. The number of hydrogen-bond acceptors (Lipinski definition) is 4. The summed E-state index contributed by atoms with van der Waals surface area (Å²) in [4.78, 5) is 39.0. The average molecular weight is 328 g/mol. The van der Waals surface area contributed by atoms with E-state index in [9.17, 15) is 14.4 Å². The van der Waals surface area contributed by atoms with Crippen molar-refractivity contribution in [2.24, 2.45) is 5.92 Å². The molecular formula is C15H24N2O4S. The van der Waals surface area contributed by atoms with Crippen LogP contribution in [0.25, 0.3) is 0 Å². The van der Waals surface area contributed by atoms with Crippen LogP contribution in [0.4, 0.5) is 0 Å². The fraction of sp³-hybridized carbons (Fsp3) is 0.800. The van der Waals surface area contributed by atoms with E-state index in [-0.39, 0.29) is 30.2 Å². The third-order valence-electron chi connectivity index (χ3n) is 4.34. The summed E-state index contributed by atoms with van der Waals surface area (Å²) < 4.78 is 0. The molecule has 2 heterocycles. The molecule has 0 saturated carbocycles. The minimum absolute atomic E-state index is 0.0308. The molecule has 0 aliphatic carbocycles. The van der Waals surface area contributed by atoms with E-state index in [0.717, 1.165) is 19.3 Å². The first-order valence-electron chi connectivity index (χ1n) is 7.90. The first-order chi connectivity index (χ1) is 10.5. The molecule has 7 heteroatoms. The topological polar surface area (TPSA) is 77.9 Å². The number of carboxylic acid groups (broad SMARTS) is 1. The van der Waals surface area contributed by atoms with Gasteiger partial charge in [0.2, 0.25) is 11.8 Å². The molecule has 6 nitrogen and oxygen atoms in total. The number of carboxylic acids is 1. The quantitative estimate of drug-likeness (QED) is 0.825. The van der Waals surface area contributed by atoms with Gasteiger partial charge in [0.05, 0.1) is 5.88 Å². The van der Waals surface area contributed by atoms with Crippen LogP contribution >= 0.6 is 11.8 Å². The molecule has 0 spiro atoms. The second-order valence-electron chi connectivity index (χ2n) is 6.00. The van der Waals surface area contributed by atoms with E-state index in [4.69, 9.17) is 5.11 Å². The highest BCUT2D eigenvalue weighted by Crippen LogP contribution is 2.26. The molecule has 2 saturated heterocycles. The average Bonchev–Trinajstić information content (AvgIpc) is 2.96. The normalized spacial score (nSPS) is 22.9. The van der Waals surface area contributed by atoms with Crippen molar-refractivity contribution in [3.63, 3.8) is 0 Å². The Hall–Kier alpha value is -1.24. The Balaban J connectivity index is 1.89. The van der Waals surface area contributed by atoms with Crippen LogP contribution in [0.5, 0.6) is 0 Å². The third-order valence-corrected chi connectivity index (χ3v) is 5.35. The zero-order valence-corrected chi connectivity index (χ0v) is 13.8. The van der Waals surface area contributed by atoms with Crippen LogP contribution in [0.3, 0.4) is 0 Å². The summed E-state index contributed by atoms with van der Waals surface area (Å²) >= 11 is 1.63. The van der Waals surface area contributed by atoms with E-state index < -0.39 is 5.97 Å². The maximum Gasteiger partial charge on any atom is 0.303 e. The number of aliphatic carboxylic acids is 1. The second kappa shape index (κ2) is 7.85. The highest BCUT2D eigenvalue weighted by molar-refractivity contribution is 7.99. The van der Waals surface area contributed by atoms with Crippen LogP contribution in [0.15, 0.2) is 0 Å². The van der Waals surface area contributed by atoms with E-state index in [1.54, 1.807) is 21.6 Å². The minimum atomic E-state index is -0.770. The lowest BCUT2D eigenvalue weighted by molar-refractivity contribution is -0.144. The molecule has 0 aromatic rings. The van der Waals surface area contributed by atoms with Crippen molar-refractivity contribution in [1.29, 1.82) is 0 Å². The molecule has 1 atom stereocenters. The van der Waals surface area contributed by atoms with Crippen molar-refractivity contribution in [3.8, 4) is 0 Å². The van der Waals surface area contributed by atoms with Crippen LogP contribution in [-0.4, -0.2) is 63.5 Å². The van der Waals surface area contributed by atoms with Gasteiger partial charge in [-0.15, -0.1) is 11.8 Å². The second-order valence-corrected chi connectivity index (χ2v) is 7.00. The molecule has 2 aliphatic rings. The van der Waals surface area contributed by atoms with Gasteiger partial charge in [-0.25, -0.2) is 0 Å². The smallest absolute Gasteiger partial charge is 0.303 e. The summed E-state index contributed by atoms with van der Waals surface area (Å²) in [6.07, 6.45) is 2.94. The molecule has 0 bridgehead atoms. The van der Waals surface area contributed by atoms with Crippen LogP contribution < -0.4 is 0 Å². The minimum Gasteiger partial charge on any atom is -0.481 e. The van der Waals surface area contributed by atoms with Crippen LogP contribution in [0, 0.1) is 5.92 Å². The summed E-state index contributed by atoms with van der Waals surface area (Å²) in [7, 11) is 0. The molecule has 1 unspecified atom stereocenters. The zero-order chi connectivity index (χ0) is 16.1. The van der Waals surface area contributed by atoms with Gasteiger partial charge in [-0.3, -0.25) is 14.4 Å². The Morgan fingerprint density at radius 2 is 1.91 bits per heavy atom. The van der Waals surface area contributed by atoms with E-state index >= 15 is 0 Å². The van der Waals surface area contributed by atoms with Crippen molar-refractivity contribution >= 4 is 29.5 Å². The van der Waals surface area contributed by atoms with Gasteiger partial charge in [0.25, 0.3) is 0 Å². The summed E-state index contributed by atoms with van der Waals surface area (Å²) in [5, 5.41) is 8.83. The van der Waals surface area contributed by atoms with Gasteiger partial charge in [-0.05, 0) is 25.2 Å². The number of carbonyl (C=O) groups excluding carboxylic acids is 2. The summed E-state index contributed by atoms with van der Waals surface area (Å²) in [6, 6.07) is -0.333. The van der Waals surface area contributed by atoms with Crippen LogP contribution in [-0.2, 0) is 14.4 Å². The SMILES string of the molecule is CCCC(=O)N1CSCC1C(=O)N1CCC(CC(=O)O)CC1. The van der Waals surface area contributed by atoms with Gasteiger partial charge < -0.3 is 14.9 Å². The number of carbonyl (C=O) groups is 3. The lowest BCUT2D eigenvalue weighted by Crippen LogP contribution is -2.51. The Bertz CT molecular complexity index is 435. The fourth-order valence-electron chi connectivity index (χ4n) is 3.07. The number of likely N-dealkylation sites (tertiary alicyclic amines) is 1. The van der Waals surface area contributed by atoms with Crippen molar-refractivity contribution < 1.29 is 19.5 Å². The monoisotopic (exact) mass is 328 g/mol. The molecule has 0 aromatic heterocycles. The number of thioether (sulfide) groups is 1. The van der Waals surface area contributed by atoms with Crippen LogP contribution in [0.2, 0.25) is 0 Å². The van der Waals surface area contributed by atoms with Gasteiger partial charge in [0.15, 0.2) is 0 Å². The Kier molecular flexibility index (Phi) is 6.11. The first kappa shape index (κ1) is 17.1. The standard InChI is InChI=1S/C15H24N2O4S/c1-2-3-13(18)17-10-22-9-12(17)15(21)16-6-4-11(5-7-16)8-14(19)20/h11-12H,2-10H2,1H3,(H,19,20). The van der Waals surface area contributed by atoms with E-state index in [1.807, 2.05) is 6.92 Å². The zero-order valence-electron chi connectivity index (χ0n) is 13.0. The molecule has 22 heavy (non-hydrogen) atoms. The molecule has 2 aliphatic heterocycles. The number of piperidine rings is 1. The highest BCUT2D eigenvalue weighted by atomic mass is 32.2. The highest BCUT2D eigenvalue weighted by Gasteiger charge is 2.37. The lowest BCUT2D eigenvalue weighted by atomic mass is 9.93. The van der Waals surface area contributed by atoms with Crippen molar-refractivity contribution in [2.75, 3.05) is 24.7 Å². The van der Waals surface area contributed by atoms with Gasteiger partial charge in [-0.1, -0.05) is 6.92 Å². The van der Waals surface area contributed by atoms with Gasteiger partial charge in [0.1, 0.15) is 6.04 Å². The Labute approximate surface area is 135 Å². The van der Waals surface area contributed by atoms with Crippen molar-refractivity contribution in [3.05, 3.63) is 0 Å². The Morgan fingerprint density at radius 1 is 1.23 bits per heavy atom. The predicted molar refractivity (Wildman–Crippen MR) is 84.4 cm³/mol. The van der Waals surface area contributed by atoms with Crippen LogP contribution in [0.1, 0.15) is 39.0 Å². The molecule has 2 rings (SSSR count). The summed E-state index contributed by atoms with van der Waals surface area (Å²) in [5.41, 5.74) is 0. The molecule has 2 fully saturated rings. The molecule has 0 radical (unpaired) electrons. The van der Waals surface area contributed by atoms with E-state index in [0.29, 0.717) is 31.1 Å². The molecule has 2 amide bonds. The lowest BCUT2D eigenvalue weighted by Gasteiger charge is -2.34. The Morgan fingerprint density at radius 3 is 2.50 bits per heavy atom. The third kappa shape index (κ3) is 4.15. The molecular weight excluding hydrogens is 304 g/mol. The number of nitrogens with zero attached hydrogens (tertiary/aromatic N) is 2. The molecule has 124 valence electrons. The van der Waals surface area contributed by atoms with Crippen molar-refractivity contribution in [2.45, 2.75) is 45.1 Å². The van der Waals surface area contributed by atoms with Gasteiger partial charge >= 0.3 is 5.97 Å². The number of hydrogen-bond donors (Lipinski definition) is 1. The number of rotatable bonds is 5.